The van der Waals surface area contributed by atoms with E-state index in [-0.39, 0.29) is 5.60 Å². The Labute approximate surface area is 112 Å². The van der Waals surface area contributed by atoms with E-state index < -0.39 is 0 Å². The molecule has 1 spiro atoms. The summed E-state index contributed by atoms with van der Waals surface area (Å²) in [6, 6.07) is 0. The van der Waals surface area contributed by atoms with Crippen molar-refractivity contribution in [2.24, 2.45) is 0 Å². The minimum atomic E-state index is 0.282. The molecule has 3 nitrogen and oxygen atoms in total. The predicted octanol–water partition coefficient (Wildman–Crippen LogP) is 2.88. The van der Waals surface area contributed by atoms with Crippen LogP contribution in [0, 0.1) is 0 Å². The lowest BCUT2D eigenvalue weighted by atomic mass is 9.98. The van der Waals surface area contributed by atoms with E-state index in [1.54, 1.807) is 0 Å². The summed E-state index contributed by atoms with van der Waals surface area (Å²) in [6.45, 7) is 5.88. The van der Waals surface area contributed by atoms with Crippen molar-refractivity contribution in [3.8, 4) is 0 Å². The Morgan fingerprint density at radius 3 is 2.83 bits per heavy atom. The van der Waals surface area contributed by atoms with Crippen molar-refractivity contribution in [2.45, 2.75) is 70.0 Å². The summed E-state index contributed by atoms with van der Waals surface area (Å²) < 4.78 is 11.8. The van der Waals surface area contributed by atoms with Crippen LogP contribution in [0.1, 0.15) is 58.3 Å². The molecule has 1 aliphatic heterocycles. The topological polar surface area (TPSA) is 30.5 Å². The van der Waals surface area contributed by atoms with Gasteiger partial charge in [0, 0.05) is 19.7 Å². The third-order valence-electron chi connectivity index (χ3n) is 4.29. The van der Waals surface area contributed by atoms with E-state index in [1.165, 1.54) is 51.4 Å². The zero-order chi connectivity index (χ0) is 12.7. The summed E-state index contributed by atoms with van der Waals surface area (Å²) in [5.74, 6) is 0. The second kappa shape index (κ2) is 7.46. The maximum absolute atomic E-state index is 6.25. The summed E-state index contributed by atoms with van der Waals surface area (Å²) >= 11 is 0. The highest BCUT2D eigenvalue weighted by molar-refractivity contribution is 4.93. The van der Waals surface area contributed by atoms with Crippen LogP contribution in [0.5, 0.6) is 0 Å². The number of unbranched alkanes of at least 4 members (excludes halogenated alkanes) is 1. The van der Waals surface area contributed by atoms with Crippen LogP contribution >= 0.6 is 0 Å². The SMILES string of the molecule is CCCCOCCNCC1CCC2(CCCC2)O1. The highest BCUT2D eigenvalue weighted by Crippen LogP contribution is 2.42. The highest BCUT2D eigenvalue weighted by Gasteiger charge is 2.41. The summed E-state index contributed by atoms with van der Waals surface area (Å²) in [7, 11) is 0. The predicted molar refractivity (Wildman–Crippen MR) is 73.9 cm³/mol. The maximum Gasteiger partial charge on any atom is 0.0708 e. The van der Waals surface area contributed by atoms with E-state index in [0.717, 1.165) is 26.3 Å². The van der Waals surface area contributed by atoms with Gasteiger partial charge in [0.15, 0.2) is 0 Å². The molecule has 106 valence electrons. The Hall–Kier alpha value is -0.120. The van der Waals surface area contributed by atoms with E-state index >= 15 is 0 Å². The fourth-order valence-electron chi connectivity index (χ4n) is 3.18. The van der Waals surface area contributed by atoms with Crippen LogP contribution in [-0.4, -0.2) is 38.0 Å². The monoisotopic (exact) mass is 255 g/mol. The van der Waals surface area contributed by atoms with Crippen LogP contribution in [0.4, 0.5) is 0 Å². The molecule has 2 fully saturated rings. The molecule has 0 aromatic carbocycles. The van der Waals surface area contributed by atoms with Crippen LogP contribution in [0.15, 0.2) is 0 Å². The van der Waals surface area contributed by atoms with Crippen LogP contribution in [-0.2, 0) is 9.47 Å². The average molecular weight is 255 g/mol. The van der Waals surface area contributed by atoms with Gasteiger partial charge in [-0.15, -0.1) is 0 Å². The van der Waals surface area contributed by atoms with E-state index in [2.05, 4.69) is 12.2 Å². The average Bonchev–Trinajstić information content (AvgIpc) is 3.00. The molecule has 1 atom stereocenters. The zero-order valence-corrected chi connectivity index (χ0v) is 11.9. The van der Waals surface area contributed by atoms with Gasteiger partial charge < -0.3 is 14.8 Å². The first-order chi connectivity index (χ1) is 8.85. The molecule has 1 unspecified atom stereocenters. The van der Waals surface area contributed by atoms with Crippen LogP contribution in [0.2, 0.25) is 0 Å². The van der Waals surface area contributed by atoms with Gasteiger partial charge in [-0.05, 0) is 32.1 Å². The molecule has 1 N–H and O–H groups in total. The number of hydrogen-bond acceptors (Lipinski definition) is 3. The summed E-state index contributed by atoms with van der Waals surface area (Å²) in [5.41, 5.74) is 0.282. The first kappa shape index (κ1) is 14.3. The maximum atomic E-state index is 6.25. The molecule has 0 aromatic rings. The fraction of sp³-hybridized carbons (Fsp3) is 1.00. The van der Waals surface area contributed by atoms with Crippen molar-refractivity contribution in [2.75, 3.05) is 26.3 Å². The quantitative estimate of drug-likeness (QED) is 0.677. The third kappa shape index (κ3) is 4.22. The molecule has 0 amide bonds. The molecule has 2 aliphatic rings. The molecule has 0 aromatic heterocycles. The van der Waals surface area contributed by atoms with Crippen molar-refractivity contribution >= 4 is 0 Å². The molecule has 1 saturated carbocycles. The number of nitrogens with one attached hydrogen (secondary N) is 1. The smallest absolute Gasteiger partial charge is 0.0708 e. The fourth-order valence-corrected chi connectivity index (χ4v) is 3.18. The molecule has 18 heavy (non-hydrogen) atoms. The molecule has 1 heterocycles. The summed E-state index contributed by atoms with van der Waals surface area (Å²) in [5, 5.41) is 3.46. The second-order valence-electron chi connectivity index (χ2n) is 5.84. The van der Waals surface area contributed by atoms with Crippen LogP contribution in [0.25, 0.3) is 0 Å². The Morgan fingerprint density at radius 1 is 1.22 bits per heavy atom. The van der Waals surface area contributed by atoms with Gasteiger partial charge in [0.25, 0.3) is 0 Å². The summed E-state index contributed by atoms with van der Waals surface area (Å²) in [4.78, 5) is 0. The van der Waals surface area contributed by atoms with E-state index in [1.807, 2.05) is 0 Å². The first-order valence-electron chi connectivity index (χ1n) is 7.81. The van der Waals surface area contributed by atoms with Crippen molar-refractivity contribution in [1.29, 1.82) is 0 Å². The van der Waals surface area contributed by atoms with Gasteiger partial charge in [-0.1, -0.05) is 26.2 Å². The van der Waals surface area contributed by atoms with E-state index in [4.69, 9.17) is 9.47 Å². The van der Waals surface area contributed by atoms with Gasteiger partial charge in [0.2, 0.25) is 0 Å². The molecule has 1 saturated heterocycles. The van der Waals surface area contributed by atoms with Crippen molar-refractivity contribution in [3.05, 3.63) is 0 Å². The molecular weight excluding hydrogens is 226 g/mol. The van der Waals surface area contributed by atoms with Gasteiger partial charge >= 0.3 is 0 Å². The van der Waals surface area contributed by atoms with E-state index in [0.29, 0.717) is 6.10 Å². The largest absolute Gasteiger partial charge is 0.380 e. The van der Waals surface area contributed by atoms with Crippen molar-refractivity contribution in [1.82, 2.24) is 5.32 Å². The molecule has 2 rings (SSSR count). The third-order valence-corrected chi connectivity index (χ3v) is 4.29. The van der Waals surface area contributed by atoms with Gasteiger partial charge in [-0.2, -0.15) is 0 Å². The molecule has 0 bridgehead atoms. The Balaban J connectivity index is 1.48. The van der Waals surface area contributed by atoms with Crippen LogP contribution in [0.3, 0.4) is 0 Å². The highest BCUT2D eigenvalue weighted by atomic mass is 16.5. The zero-order valence-electron chi connectivity index (χ0n) is 11.9. The van der Waals surface area contributed by atoms with Crippen molar-refractivity contribution in [3.63, 3.8) is 0 Å². The van der Waals surface area contributed by atoms with E-state index in [9.17, 15) is 0 Å². The number of hydrogen-bond donors (Lipinski definition) is 1. The lowest BCUT2D eigenvalue weighted by molar-refractivity contribution is -0.0354. The van der Waals surface area contributed by atoms with Gasteiger partial charge in [0.05, 0.1) is 18.3 Å². The number of rotatable bonds is 8. The molecule has 0 radical (unpaired) electrons. The van der Waals surface area contributed by atoms with Gasteiger partial charge in [0.1, 0.15) is 0 Å². The first-order valence-corrected chi connectivity index (χ1v) is 7.81. The Bertz CT molecular complexity index is 227. The Morgan fingerprint density at radius 2 is 2.06 bits per heavy atom. The van der Waals surface area contributed by atoms with Gasteiger partial charge in [-0.25, -0.2) is 0 Å². The van der Waals surface area contributed by atoms with Crippen molar-refractivity contribution < 1.29 is 9.47 Å². The molecular formula is C15H29NO2. The minimum absolute atomic E-state index is 0.282. The molecule has 1 aliphatic carbocycles. The lowest BCUT2D eigenvalue weighted by Crippen LogP contribution is -2.32. The Kier molecular flexibility index (Phi) is 5.93. The summed E-state index contributed by atoms with van der Waals surface area (Å²) in [6.07, 6.45) is 10.7. The van der Waals surface area contributed by atoms with Crippen LogP contribution < -0.4 is 5.32 Å². The normalized spacial score (nSPS) is 26.2. The second-order valence-corrected chi connectivity index (χ2v) is 5.84. The minimum Gasteiger partial charge on any atom is -0.380 e. The number of ether oxygens (including phenoxy) is 2. The van der Waals surface area contributed by atoms with Gasteiger partial charge in [-0.3, -0.25) is 0 Å². The lowest BCUT2D eigenvalue weighted by Gasteiger charge is -2.23. The standard InChI is InChI=1S/C15H29NO2/c1-2-3-11-17-12-10-16-13-14-6-9-15(18-14)7-4-5-8-15/h14,16H,2-13H2,1H3. The molecule has 3 heteroatoms.